The maximum absolute atomic E-state index is 11.6. The van der Waals surface area contributed by atoms with Crippen molar-refractivity contribution in [2.45, 2.75) is 45.7 Å². The molecule has 0 radical (unpaired) electrons. The number of carboxylic acids is 1. The number of anilines is 2. The lowest BCUT2D eigenvalue weighted by molar-refractivity contribution is -0.138. The minimum Gasteiger partial charge on any atom is -0.480 e. The van der Waals surface area contributed by atoms with Gasteiger partial charge in [0.05, 0.1) is 0 Å². The molecule has 0 saturated carbocycles. The van der Waals surface area contributed by atoms with Crippen LogP contribution in [0.25, 0.3) is 0 Å². The predicted molar refractivity (Wildman–Crippen MR) is 101 cm³/mol. The van der Waals surface area contributed by atoms with Crippen LogP contribution in [0.5, 0.6) is 0 Å². The number of aliphatic carboxylic acids is 1. The first-order valence-corrected chi connectivity index (χ1v) is 9.21. The van der Waals surface area contributed by atoms with Crippen LogP contribution in [-0.2, 0) is 17.8 Å². The average Bonchev–Trinajstić information content (AvgIpc) is 3.13. The van der Waals surface area contributed by atoms with Gasteiger partial charge in [-0.2, -0.15) is 4.98 Å². The van der Waals surface area contributed by atoms with E-state index in [1.54, 1.807) is 0 Å². The van der Waals surface area contributed by atoms with E-state index in [9.17, 15) is 9.90 Å². The van der Waals surface area contributed by atoms with E-state index in [4.69, 9.17) is 9.97 Å². The van der Waals surface area contributed by atoms with Gasteiger partial charge in [0.2, 0.25) is 5.95 Å². The number of carbonyl (C=O) groups is 1. The number of hydrogen-bond acceptors (Lipinski definition) is 5. The molecule has 1 fully saturated rings. The second kappa shape index (κ2) is 6.59. The second-order valence-corrected chi connectivity index (χ2v) is 7.19. The van der Waals surface area contributed by atoms with Gasteiger partial charge in [0, 0.05) is 30.9 Å². The van der Waals surface area contributed by atoms with Gasteiger partial charge in [-0.05, 0) is 44.2 Å². The van der Waals surface area contributed by atoms with Crippen molar-refractivity contribution in [3.63, 3.8) is 0 Å². The summed E-state index contributed by atoms with van der Waals surface area (Å²) in [5, 5.41) is 9.54. The number of rotatable bonds is 3. The molecule has 2 aromatic rings. The Morgan fingerprint density at radius 3 is 2.69 bits per heavy atom. The number of aryl methyl sites for hydroxylation is 1. The summed E-state index contributed by atoms with van der Waals surface area (Å²) < 4.78 is 0. The van der Waals surface area contributed by atoms with Crippen LogP contribution in [0.1, 0.15) is 35.2 Å². The smallest absolute Gasteiger partial charge is 0.326 e. The molecule has 0 spiro atoms. The van der Waals surface area contributed by atoms with Crippen molar-refractivity contribution >= 4 is 17.7 Å². The van der Waals surface area contributed by atoms with Crippen molar-refractivity contribution in [1.29, 1.82) is 0 Å². The largest absolute Gasteiger partial charge is 0.480 e. The fraction of sp³-hybridized carbons (Fsp3) is 0.450. The van der Waals surface area contributed by atoms with E-state index in [-0.39, 0.29) is 0 Å². The zero-order valence-corrected chi connectivity index (χ0v) is 15.3. The molecular formula is C20H24N4O2. The fourth-order valence-corrected chi connectivity index (χ4v) is 3.96. The number of nitrogens with zero attached hydrogens (tertiary/aromatic N) is 4. The van der Waals surface area contributed by atoms with Crippen molar-refractivity contribution in [2.24, 2.45) is 0 Å². The SMILES string of the molecule is Cc1nc(N2CCc3ccccc3C2)nc(N2CCCC2C(=O)O)c1C. The summed E-state index contributed by atoms with van der Waals surface area (Å²) in [6.07, 6.45) is 2.53. The summed E-state index contributed by atoms with van der Waals surface area (Å²) in [4.78, 5) is 25.3. The first kappa shape index (κ1) is 16.8. The van der Waals surface area contributed by atoms with Crippen molar-refractivity contribution in [3.05, 3.63) is 46.6 Å². The lowest BCUT2D eigenvalue weighted by atomic mass is 10.0. The van der Waals surface area contributed by atoms with Crippen LogP contribution < -0.4 is 9.80 Å². The van der Waals surface area contributed by atoms with E-state index in [0.717, 1.165) is 49.6 Å². The highest BCUT2D eigenvalue weighted by molar-refractivity contribution is 5.79. The van der Waals surface area contributed by atoms with Gasteiger partial charge in [-0.15, -0.1) is 0 Å². The molecule has 0 aliphatic carbocycles. The van der Waals surface area contributed by atoms with Crippen LogP contribution in [0.3, 0.4) is 0 Å². The molecule has 1 aromatic carbocycles. The quantitative estimate of drug-likeness (QED) is 0.916. The maximum Gasteiger partial charge on any atom is 0.326 e. The first-order chi connectivity index (χ1) is 12.5. The highest BCUT2D eigenvalue weighted by atomic mass is 16.4. The summed E-state index contributed by atoms with van der Waals surface area (Å²) in [5.74, 6) is 0.705. The minimum absolute atomic E-state index is 0.488. The normalized spacial score (nSPS) is 19.5. The van der Waals surface area contributed by atoms with Crippen LogP contribution in [-0.4, -0.2) is 40.2 Å². The van der Waals surface area contributed by atoms with E-state index < -0.39 is 12.0 Å². The molecule has 0 bridgehead atoms. The Morgan fingerprint density at radius 1 is 1.15 bits per heavy atom. The van der Waals surface area contributed by atoms with Gasteiger partial charge in [-0.25, -0.2) is 9.78 Å². The molecule has 1 saturated heterocycles. The second-order valence-electron chi connectivity index (χ2n) is 7.19. The van der Waals surface area contributed by atoms with Crippen molar-refractivity contribution in [3.8, 4) is 0 Å². The number of benzene rings is 1. The van der Waals surface area contributed by atoms with Crippen LogP contribution in [0.4, 0.5) is 11.8 Å². The summed E-state index contributed by atoms with van der Waals surface area (Å²) in [7, 11) is 0. The molecule has 0 amide bonds. The summed E-state index contributed by atoms with van der Waals surface area (Å²) in [5.41, 5.74) is 4.59. The maximum atomic E-state index is 11.6. The van der Waals surface area contributed by atoms with Gasteiger partial charge in [0.1, 0.15) is 11.9 Å². The average molecular weight is 352 g/mol. The van der Waals surface area contributed by atoms with E-state index in [1.165, 1.54) is 11.1 Å². The Kier molecular flexibility index (Phi) is 4.26. The van der Waals surface area contributed by atoms with E-state index >= 15 is 0 Å². The highest BCUT2D eigenvalue weighted by Crippen LogP contribution is 2.31. The lowest BCUT2D eigenvalue weighted by Crippen LogP contribution is -2.38. The van der Waals surface area contributed by atoms with Crippen LogP contribution in [0.15, 0.2) is 24.3 Å². The molecule has 1 aromatic heterocycles. The topological polar surface area (TPSA) is 69.6 Å². The molecule has 6 heteroatoms. The summed E-state index contributed by atoms with van der Waals surface area (Å²) >= 11 is 0. The molecular weight excluding hydrogens is 328 g/mol. The molecule has 136 valence electrons. The highest BCUT2D eigenvalue weighted by Gasteiger charge is 2.33. The third-order valence-electron chi connectivity index (χ3n) is 5.58. The van der Waals surface area contributed by atoms with Gasteiger partial charge in [-0.3, -0.25) is 0 Å². The molecule has 2 aliphatic rings. The molecule has 26 heavy (non-hydrogen) atoms. The molecule has 3 heterocycles. The van der Waals surface area contributed by atoms with Gasteiger partial charge in [0.15, 0.2) is 0 Å². The number of aromatic nitrogens is 2. The summed E-state index contributed by atoms with van der Waals surface area (Å²) in [6, 6.07) is 8.00. The molecule has 1 atom stereocenters. The third kappa shape index (κ3) is 2.89. The van der Waals surface area contributed by atoms with Crippen LogP contribution >= 0.6 is 0 Å². The zero-order valence-electron chi connectivity index (χ0n) is 15.3. The number of carboxylic acid groups (broad SMARTS) is 1. The van der Waals surface area contributed by atoms with Crippen molar-refractivity contribution < 1.29 is 9.90 Å². The molecule has 4 rings (SSSR count). The van der Waals surface area contributed by atoms with Crippen molar-refractivity contribution in [1.82, 2.24) is 9.97 Å². The Labute approximate surface area is 153 Å². The van der Waals surface area contributed by atoms with Crippen molar-refractivity contribution in [2.75, 3.05) is 22.9 Å². The molecule has 6 nitrogen and oxygen atoms in total. The predicted octanol–water partition coefficient (Wildman–Crippen LogP) is 2.71. The number of hydrogen-bond donors (Lipinski definition) is 1. The van der Waals surface area contributed by atoms with Gasteiger partial charge in [0.25, 0.3) is 0 Å². The van der Waals surface area contributed by atoms with Gasteiger partial charge >= 0.3 is 5.97 Å². The van der Waals surface area contributed by atoms with Crippen LogP contribution in [0.2, 0.25) is 0 Å². The molecule has 1 unspecified atom stereocenters. The minimum atomic E-state index is -0.772. The van der Waals surface area contributed by atoms with Crippen LogP contribution in [0, 0.1) is 13.8 Å². The standard InChI is InChI=1S/C20H24N4O2/c1-13-14(2)21-20(22-18(13)24-10-5-8-17(24)19(25)26)23-11-9-15-6-3-4-7-16(15)12-23/h3-4,6-7,17H,5,8-12H2,1-2H3,(H,25,26). The lowest BCUT2D eigenvalue weighted by Gasteiger charge is -2.31. The summed E-state index contributed by atoms with van der Waals surface area (Å²) in [6.45, 7) is 6.36. The van der Waals surface area contributed by atoms with E-state index in [2.05, 4.69) is 29.2 Å². The van der Waals surface area contributed by atoms with Gasteiger partial charge in [-0.1, -0.05) is 24.3 Å². The Hall–Kier alpha value is -2.63. The zero-order chi connectivity index (χ0) is 18.3. The van der Waals surface area contributed by atoms with E-state index in [0.29, 0.717) is 12.4 Å². The Balaban J connectivity index is 1.68. The molecule has 2 aliphatic heterocycles. The Morgan fingerprint density at radius 2 is 1.92 bits per heavy atom. The third-order valence-corrected chi connectivity index (χ3v) is 5.58. The monoisotopic (exact) mass is 352 g/mol. The van der Waals surface area contributed by atoms with E-state index in [1.807, 2.05) is 18.7 Å². The first-order valence-electron chi connectivity index (χ1n) is 9.21. The molecule has 1 N–H and O–H groups in total. The fourth-order valence-electron chi connectivity index (χ4n) is 3.96. The Bertz CT molecular complexity index is 852. The van der Waals surface area contributed by atoms with Gasteiger partial charge < -0.3 is 14.9 Å². The number of fused-ring (bicyclic) bond motifs is 1.